The normalized spacial score (nSPS) is 19.8. The van der Waals surface area contributed by atoms with Gasteiger partial charge in [0.05, 0.1) is 4.92 Å². The van der Waals surface area contributed by atoms with Crippen LogP contribution in [0.15, 0.2) is 46.1 Å². The number of carbonyl (C=O) groups excluding carboxylic acids is 1. The molecule has 2 atom stereocenters. The minimum Gasteiger partial charge on any atom is -0.441 e. The highest BCUT2D eigenvalue weighted by molar-refractivity contribution is 7.99. The third-order valence-corrected chi connectivity index (χ3v) is 5.85. The van der Waals surface area contributed by atoms with Gasteiger partial charge in [-0.2, -0.15) is 0 Å². The fourth-order valence-electron chi connectivity index (χ4n) is 2.77. The molecule has 1 aromatic rings. The molecule has 0 spiro atoms. The van der Waals surface area contributed by atoms with Crippen molar-refractivity contribution in [2.45, 2.75) is 25.1 Å². The van der Waals surface area contributed by atoms with Crippen molar-refractivity contribution in [2.24, 2.45) is 10.1 Å². The molecular weight excluding hydrogens is 458 g/mol. The van der Waals surface area contributed by atoms with E-state index in [1.54, 1.807) is 12.1 Å². The lowest BCUT2D eigenvalue weighted by Crippen LogP contribution is -2.44. The molecule has 0 saturated heterocycles. The number of amidine groups is 1. The summed E-state index contributed by atoms with van der Waals surface area (Å²) in [5.74, 6) is 1.83. The van der Waals surface area contributed by atoms with Gasteiger partial charge in [-0.15, -0.1) is 16.7 Å². The number of rotatable bonds is 8. The van der Waals surface area contributed by atoms with Gasteiger partial charge in [0.2, 0.25) is 11.5 Å². The van der Waals surface area contributed by atoms with Crippen molar-refractivity contribution in [1.82, 2.24) is 21.0 Å². The first-order valence-electron chi connectivity index (χ1n) is 9.85. The summed E-state index contributed by atoms with van der Waals surface area (Å²) in [6, 6.07) is 5.64. The number of carbonyl (C=O) groups is 1. The quantitative estimate of drug-likeness (QED) is 0.224. The average molecular weight is 482 g/mol. The summed E-state index contributed by atoms with van der Waals surface area (Å²) in [6.45, 7) is 2.41. The Labute approximate surface area is 194 Å². The van der Waals surface area contributed by atoms with Gasteiger partial charge in [-0.25, -0.2) is 9.79 Å². The third-order valence-electron chi connectivity index (χ3n) is 4.60. The summed E-state index contributed by atoms with van der Waals surface area (Å²) in [5.41, 5.74) is 3.90. The van der Waals surface area contributed by atoms with E-state index in [0.29, 0.717) is 41.9 Å². The zero-order valence-corrected chi connectivity index (χ0v) is 19.2. The molecule has 172 valence electrons. The number of urea groups is 1. The number of nitrogens with zero attached hydrogens (tertiary/aromatic N) is 4. The van der Waals surface area contributed by atoms with E-state index in [2.05, 4.69) is 26.2 Å². The first-order valence-corrected chi connectivity index (χ1v) is 11.4. The molecule has 32 heavy (non-hydrogen) atoms. The van der Waals surface area contributed by atoms with Crippen LogP contribution in [0.3, 0.4) is 0 Å². The monoisotopic (exact) mass is 481 g/mol. The molecule has 1 aromatic carbocycles. The summed E-state index contributed by atoms with van der Waals surface area (Å²) in [7, 11) is 1.91. The summed E-state index contributed by atoms with van der Waals surface area (Å²) in [5, 5.41) is 20.5. The second kappa shape index (κ2) is 11.0. The van der Waals surface area contributed by atoms with E-state index in [1.165, 1.54) is 23.9 Å². The molecule has 3 N–H and O–H groups in total. The standard InChI is InChI=1S/C19H24ClN7O4S/c1-12-22-16(23-18(28)21-9-3-8-20)14(10-26(12)2)11-32-19-25-24-17(31-19)13-4-6-15(7-5-13)27(29)30/h4-7,10,12,19,25H,3,8-9,11H2,1-2H3,(H2,21,22,23,28). The highest BCUT2D eigenvalue weighted by Gasteiger charge is 2.25. The molecule has 2 aliphatic heterocycles. The molecule has 0 radical (unpaired) electrons. The predicted octanol–water partition coefficient (Wildman–Crippen LogP) is 2.39. The molecule has 0 fully saturated rings. The Morgan fingerprint density at radius 1 is 1.41 bits per heavy atom. The largest absolute Gasteiger partial charge is 0.441 e. The predicted molar refractivity (Wildman–Crippen MR) is 125 cm³/mol. The van der Waals surface area contributed by atoms with E-state index >= 15 is 0 Å². The van der Waals surface area contributed by atoms with Gasteiger partial charge in [0.25, 0.3) is 5.69 Å². The summed E-state index contributed by atoms with van der Waals surface area (Å²) in [4.78, 5) is 29.0. The minimum absolute atomic E-state index is 0.000161. The van der Waals surface area contributed by atoms with E-state index < -0.39 is 10.5 Å². The number of ether oxygens (including phenoxy) is 1. The Hall–Kier alpha value is -2.99. The molecular formula is C19H24ClN7O4S. The van der Waals surface area contributed by atoms with Crippen LogP contribution < -0.4 is 16.1 Å². The Kier molecular flexibility index (Phi) is 8.17. The Morgan fingerprint density at radius 2 is 2.16 bits per heavy atom. The Balaban J connectivity index is 1.55. The van der Waals surface area contributed by atoms with Crippen LogP contribution in [0.2, 0.25) is 0 Å². The number of hydrogen-bond acceptors (Lipinski definition) is 9. The van der Waals surface area contributed by atoms with Crippen LogP contribution in [0.5, 0.6) is 0 Å². The van der Waals surface area contributed by atoms with Crippen LogP contribution in [-0.4, -0.2) is 64.5 Å². The number of benzene rings is 1. The van der Waals surface area contributed by atoms with Crippen molar-refractivity contribution in [2.75, 3.05) is 25.2 Å². The van der Waals surface area contributed by atoms with Crippen molar-refractivity contribution < 1.29 is 14.5 Å². The number of thioether (sulfide) groups is 1. The Bertz CT molecular complexity index is 938. The van der Waals surface area contributed by atoms with Gasteiger partial charge in [-0.05, 0) is 25.5 Å². The van der Waals surface area contributed by atoms with Crippen LogP contribution in [0.4, 0.5) is 10.5 Å². The van der Waals surface area contributed by atoms with Gasteiger partial charge in [-0.3, -0.25) is 20.9 Å². The number of hydrazone groups is 1. The molecule has 13 heteroatoms. The van der Waals surface area contributed by atoms with Gasteiger partial charge in [-0.1, -0.05) is 11.8 Å². The van der Waals surface area contributed by atoms with E-state index in [1.807, 2.05) is 25.1 Å². The smallest absolute Gasteiger partial charge is 0.320 e. The van der Waals surface area contributed by atoms with Crippen molar-refractivity contribution in [3.63, 3.8) is 0 Å². The van der Waals surface area contributed by atoms with Crippen LogP contribution in [0, 0.1) is 10.1 Å². The maximum Gasteiger partial charge on any atom is 0.320 e. The fourth-order valence-corrected chi connectivity index (χ4v) is 3.74. The molecule has 2 heterocycles. The van der Waals surface area contributed by atoms with E-state index in [9.17, 15) is 14.9 Å². The second-order valence-corrected chi connectivity index (χ2v) is 8.39. The number of nitrogens with one attached hydrogen (secondary N) is 3. The highest BCUT2D eigenvalue weighted by Crippen LogP contribution is 2.23. The summed E-state index contributed by atoms with van der Waals surface area (Å²) < 4.78 is 5.81. The molecule has 11 nitrogen and oxygen atoms in total. The highest BCUT2D eigenvalue weighted by atomic mass is 35.5. The van der Waals surface area contributed by atoms with Gasteiger partial charge < -0.3 is 15.0 Å². The summed E-state index contributed by atoms with van der Waals surface area (Å²) in [6.07, 6.45) is 2.51. The van der Waals surface area contributed by atoms with E-state index in [-0.39, 0.29) is 17.9 Å². The number of amides is 2. The van der Waals surface area contributed by atoms with Gasteiger partial charge in [0, 0.05) is 54.7 Å². The number of non-ortho nitro benzene ring substituents is 1. The van der Waals surface area contributed by atoms with Crippen LogP contribution in [-0.2, 0) is 4.74 Å². The molecule has 0 saturated carbocycles. The first-order chi connectivity index (χ1) is 15.4. The number of aliphatic imine (C=N–C) groups is 1. The van der Waals surface area contributed by atoms with E-state index in [0.717, 1.165) is 5.57 Å². The van der Waals surface area contributed by atoms with Crippen LogP contribution in [0.1, 0.15) is 18.9 Å². The average Bonchev–Trinajstić information content (AvgIpc) is 3.24. The van der Waals surface area contributed by atoms with Crippen molar-refractivity contribution in [3.8, 4) is 0 Å². The molecule has 3 rings (SSSR count). The lowest BCUT2D eigenvalue weighted by molar-refractivity contribution is -0.384. The molecule has 0 aliphatic carbocycles. The third kappa shape index (κ3) is 6.26. The minimum atomic E-state index is -0.459. The lowest BCUT2D eigenvalue weighted by Gasteiger charge is -2.28. The maximum absolute atomic E-state index is 12.2. The number of halogens is 1. The fraction of sp³-hybridized carbons (Fsp3) is 0.421. The van der Waals surface area contributed by atoms with Crippen molar-refractivity contribution in [3.05, 3.63) is 51.7 Å². The number of alkyl halides is 1. The van der Waals surface area contributed by atoms with Gasteiger partial charge >= 0.3 is 6.03 Å². The summed E-state index contributed by atoms with van der Waals surface area (Å²) >= 11 is 7.07. The Morgan fingerprint density at radius 3 is 2.84 bits per heavy atom. The zero-order valence-electron chi connectivity index (χ0n) is 17.6. The lowest BCUT2D eigenvalue weighted by atomic mass is 10.2. The maximum atomic E-state index is 12.2. The molecule has 2 aliphatic rings. The van der Waals surface area contributed by atoms with Crippen LogP contribution >= 0.6 is 23.4 Å². The number of nitro groups is 1. The number of nitro benzene ring substituents is 1. The van der Waals surface area contributed by atoms with Gasteiger partial charge in [0.1, 0.15) is 12.0 Å². The topological polar surface area (TPSA) is 133 Å². The second-order valence-electron chi connectivity index (χ2n) is 6.96. The van der Waals surface area contributed by atoms with Crippen molar-refractivity contribution >= 4 is 46.8 Å². The SMILES string of the molecule is CC1N=C(NC(=O)NCCCCl)C(CSC2NN=C(c3ccc([N+](=O)[O-])cc3)O2)=CN1C. The van der Waals surface area contributed by atoms with E-state index in [4.69, 9.17) is 16.3 Å². The zero-order chi connectivity index (χ0) is 23.1. The van der Waals surface area contributed by atoms with Gasteiger partial charge in [0.15, 0.2) is 0 Å². The van der Waals surface area contributed by atoms with Crippen LogP contribution in [0.25, 0.3) is 0 Å². The molecule has 0 aromatic heterocycles. The molecule has 0 bridgehead atoms. The molecule has 2 unspecified atom stereocenters. The first kappa shape index (κ1) is 23.7. The molecule has 2 amide bonds. The number of hydrogen-bond donors (Lipinski definition) is 3. The van der Waals surface area contributed by atoms with Crippen molar-refractivity contribution in [1.29, 1.82) is 0 Å².